The predicted octanol–water partition coefficient (Wildman–Crippen LogP) is 1.93. The van der Waals surface area contributed by atoms with Crippen molar-refractivity contribution in [1.29, 1.82) is 0 Å². The number of thiazole rings is 1. The number of hydrogen-bond donors (Lipinski definition) is 0. The van der Waals surface area contributed by atoms with E-state index in [1.54, 1.807) is 16.8 Å². The topological polar surface area (TPSA) is 22.1 Å². The number of rotatable bonds is 3. The van der Waals surface area contributed by atoms with Gasteiger partial charge in [0.05, 0.1) is 17.5 Å². The second-order valence-electron chi connectivity index (χ2n) is 1.68. The first-order chi connectivity index (χ1) is 4.43. The maximum Gasteiger partial charge on any atom is 0.224 e. The summed E-state index contributed by atoms with van der Waals surface area (Å²) in [6.07, 6.45) is 1.04. The second kappa shape index (κ2) is 3.45. The van der Waals surface area contributed by atoms with Gasteiger partial charge in [0.1, 0.15) is 0 Å². The molecular weight excluding hydrogens is 134 g/mol. The Labute approximate surface area is 58.5 Å². The Hall–Kier alpha value is -0.570. The molecule has 0 unspecified atom stereocenters. The van der Waals surface area contributed by atoms with Crippen LogP contribution >= 0.6 is 11.3 Å². The summed E-state index contributed by atoms with van der Waals surface area (Å²) in [5, 5.41) is 1.90. The van der Waals surface area contributed by atoms with Gasteiger partial charge in [0, 0.05) is 0 Å². The molecule has 0 saturated heterocycles. The monoisotopic (exact) mass is 143 g/mol. The van der Waals surface area contributed by atoms with Crippen molar-refractivity contribution >= 4 is 11.3 Å². The summed E-state index contributed by atoms with van der Waals surface area (Å²) in [6, 6.07) is 0. The molecule has 0 amide bonds. The second-order valence-corrected chi connectivity index (χ2v) is 2.39. The Kier molecular flexibility index (Phi) is 2.51. The third kappa shape index (κ3) is 2.01. The molecule has 0 aromatic carbocycles. The van der Waals surface area contributed by atoms with E-state index in [4.69, 9.17) is 4.74 Å². The van der Waals surface area contributed by atoms with Crippen LogP contribution in [0.5, 0.6) is 5.88 Å². The average molecular weight is 143 g/mol. The molecule has 0 fully saturated rings. The van der Waals surface area contributed by atoms with Gasteiger partial charge in [0.25, 0.3) is 0 Å². The van der Waals surface area contributed by atoms with E-state index in [0.717, 1.165) is 18.9 Å². The first-order valence-corrected chi connectivity index (χ1v) is 3.88. The molecule has 1 aromatic heterocycles. The third-order valence-electron chi connectivity index (χ3n) is 0.864. The quantitative estimate of drug-likeness (QED) is 0.645. The van der Waals surface area contributed by atoms with Crippen LogP contribution in [0.15, 0.2) is 10.9 Å². The van der Waals surface area contributed by atoms with E-state index in [9.17, 15) is 0 Å². The van der Waals surface area contributed by atoms with Crippen molar-refractivity contribution in [1.82, 2.24) is 4.98 Å². The summed E-state index contributed by atoms with van der Waals surface area (Å²) in [7, 11) is 0. The van der Waals surface area contributed by atoms with Crippen LogP contribution in [0, 0.1) is 0 Å². The van der Waals surface area contributed by atoms with Crippen LogP contribution in [0.25, 0.3) is 0 Å². The number of aromatic nitrogens is 1. The van der Waals surface area contributed by atoms with Crippen molar-refractivity contribution < 1.29 is 4.74 Å². The average Bonchev–Trinajstić information content (AvgIpc) is 2.34. The zero-order valence-electron chi connectivity index (χ0n) is 5.33. The first-order valence-electron chi connectivity index (χ1n) is 2.94. The molecule has 1 heterocycles. The molecule has 50 valence electrons. The first kappa shape index (κ1) is 6.55. The predicted molar refractivity (Wildman–Crippen MR) is 37.9 cm³/mol. The molecule has 1 rings (SSSR count). The van der Waals surface area contributed by atoms with Gasteiger partial charge in [-0.05, 0) is 6.42 Å². The van der Waals surface area contributed by atoms with E-state index >= 15 is 0 Å². The molecule has 0 spiro atoms. The zero-order valence-corrected chi connectivity index (χ0v) is 6.15. The highest BCUT2D eigenvalue weighted by Crippen LogP contribution is 2.09. The minimum Gasteiger partial charge on any atom is -0.477 e. The Morgan fingerprint density at radius 3 is 3.22 bits per heavy atom. The van der Waals surface area contributed by atoms with Gasteiger partial charge in [0.15, 0.2) is 0 Å². The van der Waals surface area contributed by atoms with E-state index in [0.29, 0.717) is 0 Å². The smallest absolute Gasteiger partial charge is 0.224 e. The molecule has 0 radical (unpaired) electrons. The molecule has 0 aliphatic rings. The molecule has 0 atom stereocenters. The summed E-state index contributed by atoms with van der Waals surface area (Å²) < 4.78 is 5.19. The standard InChI is InChI=1S/C6H9NOS/c1-2-3-8-6-4-9-5-7-6/h4-5H,2-3H2,1H3. The van der Waals surface area contributed by atoms with Crippen LogP contribution < -0.4 is 4.74 Å². The van der Waals surface area contributed by atoms with Gasteiger partial charge in [-0.2, -0.15) is 0 Å². The molecule has 0 aliphatic carbocycles. The zero-order chi connectivity index (χ0) is 6.53. The summed E-state index contributed by atoms with van der Waals surface area (Å²) in [5.41, 5.74) is 1.77. The van der Waals surface area contributed by atoms with E-state index in [1.165, 1.54) is 0 Å². The normalized spacial score (nSPS) is 9.44. The highest BCUT2D eigenvalue weighted by molar-refractivity contribution is 7.07. The lowest BCUT2D eigenvalue weighted by Crippen LogP contribution is -1.93. The van der Waals surface area contributed by atoms with Crippen LogP contribution in [0.3, 0.4) is 0 Å². The Morgan fingerprint density at radius 1 is 1.78 bits per heavy atom. The van der Waals surface area contributed by atoms with E-state index in [-0.39, 0.29) is 0 Å². The molecule has 0 N–H and O–H groups in total. The number of ether oxygens (including phenoxy) is 1. The minimum atomic E-state index is 0.752. The number of hydrogen-bond acceptors (Lipinski definition) is 3. The van der Waals surface area contributed by atoms with Gasteiger partial charge in [-0.15, -0.1) is 11.3 Å². The summed E-state index contributed by atoms with van der Waals surface area (Å²) in [4.78, 5) is 3.95. The molecule has 9 heavy (non-hydrogen) atoms. The van der Waals surface area contributed by atoms with Gasteiger partial charge in [-0.1, -0.05) is 6.92 Å². The van der Waals surface area contributed by atoms with Gasteiger partial charge in [-0.25, -0.2) is 4.98 Å². The maximum absolute atomic E-state index is 5.19. The van der Waals surface area contributed by atoms with Gasteiger partial charge in [0.2, 0.25) is 5.88 Å². The third-order valence-corrected chi connectivity index (χ3v) is 1.43. The lowest BCUT2D eigenvalue weighted by Gasteiger charge is -1.96. The van der Waals surface area contributed by atoms with Crippen molar-refractivity contribution in [2.24, 2.45) is 0 Å². The van der Waals surface area contributed by atoms with E-state index in [1.807, 2.05) is 5.38 Å². The highest BCUT2D eigenvalue weighted by Gasteiger charge is 1.90. The van der Waals surface area contributed by atoms with Crippen LogP contribution in [-0.2, 0) is 0 Å². The minimum absolute atomic E-state index is 0.752. The fraction of sp³-hybridized carbons (Fsp3) is 0.500. The Morgan fingerprint density at radius 2 is 2.67 bits per heavy atom. The van der Waals surface area contributed by atoms with E-state index in [2.05, 4.69) is 11.9 Å². The fourth-order valence-electron chi connectivity index (χ4n) is 0.479. The van der Waals surface area contributed by atoms with Crippen LogP contribution in [0.2, 0.25) is 0 Å². The van der Waals surface area contributed by atoms with Crippen molar-refractivity contribution in [2.75, 3.05) is 6.61 Å². The molecule has 1 aromatic rings. The van der Waals surface area contributed by atoms with Crippen LogP contribution in [0.1, 0.15) is 13.3 Å². The molecule has 0 aliphatic heterocycles. The summed E-state index contributed by atoms with van der Waals surface area (Å²) >= 11 is 1.55. The van der Waals surface area contributed by atoms with Crippen molar-refractivity contribution in [2.45, 2.75) is 13.3 Å². The van der Waals surface area contributed by atoms with E-state index < -0.39 is 0 Å². The van der Waals surface area contributed by atoms with Crippen LogP contribution in [0.4, 0.5) is 0 Å². The van der Waals surface area contributed by atoms with Crippen molar-refractivity contribution in [3.8, 4) is 5.88 Å². The maximum atomic E-state index is 5.19. The summed E-state index contributed by atoms with van der Waals surface area (Å²) in [6.45, 7) is 2.84. The molecule has 3 heteroatoms. The lowest BCUT2D eigenvalue weighted by atomic mass is 10.5. The van der Waals surface area contributed by atoms with Crippen molar-refractivity contribution in [3.63, 3.8) is 0 Å². The molecular formula is C6H9NOS. The Balaban J connectivity index is 2.30. The fourth-order valence-corrected chi connectivity index (χ4v) is 0.950. The van der Waals surface area contributed by atoms with Crippen molar-refractivity contribution in [3.05, 3.63) is 10.9 Å². The summed E-state index contributed by atoms with van der Waals surface area (Å²) in [5.74, 6) is 0.752. The lowest BCUT2D eigenvalue weighted by molar-refractivity contribution is 0.307. The largest absolute Gasteiger partial charge is 0.477 e. The highest BCUT2D eigenvalue weighted by atomic mass is 32.1. The molecule has 0 bridgehead atoms. The number of nitrogens with zero attached hydrogens (tertiary/aromatic N) is 1. The SMILES string of the molecule is CCCOc1cscn1. The van der Waals surface area contributed by atoms with Gasteiger partial charge >= 0.3 is 0 Å². The molecule has 0 saturated carbocycles. The van der Waals surface area contributed by atoms with Gasteiger partial charge in [-0.3, -0.25) is 0 Å². The van der Waals surface area contributed by atoms with Crippen LogP contribution in [-0.4, -0.2) is 11.6 Å². The van der Waals surface area contributed by atoms with Gasteiger partial charge < -0.3 is 4.74 Å². The molecule has 2 nitrogen and oxygen atoms in total. The Bertz CT molecular complexity index is 150.